The molecule has 29 heavy (non-hydrogen) atoms. The summed E-state index contributed by atoms with van der Waals surface area (Å²) in [6.45, 7) is 3.58. The summed E-state index contributed by atoms with van der Waals surface area (Å²) >= 11 is 0. The van der Waals surface area contributed by atoms with E-state index in [0.29, 0.717) is 5.69 Å². The fourth-order valence-corrected chi connectivity index (χ4v) is 2.41. The fraction of sp³-hybridized carbons (Fsp3) is 0.250. The van der Waals surface area contributed by atoms with Crippen LogP contribution >= 0.6 is 0 Å². The Morgan fingerprint density at radius 1 is 0.862 bits per heavy atom. The van der Waals surface area contributed by atoms with Crippen molar-refractivity contribution in [2.24, 2.45) is 10.2 Å². The highest BCUT2D eigenvalue weighted by atomic mass is 16.5. The minimum absolute atomic E-state index is 0.000905. The maximum atomic E-state index is 12.2. The number of esters is 2. The van der Waals surface area contributed by atoms with Crippen LogP contribution in [0.5, 0.6) is 5.75 Å². The number of carbonyl (C=O) groups is 3. The van der Waals surface area contributed by atoms with Gasteiger partial charge in [0.25, 0.3) is 0 Å². The Bertz CT molecular complexity index is 954. The largest absolute Gasteiger partial charge is 0.508 e. The third-order valence-corrected chi connectivity index (χ3v) is 3.68. The number of azo groups is 1. The molecule has 0 heterocycles. The van der Waals surface area contributed by atoms with E-state index in [4.69, 9.17) is 14.6 Å². The molecule has 0 aliphatic heterocycles. The van der Waals surface area contributed by atoms with Gasteiger partial charge in [-0.25, -0.2) is 9.59 Å². The summed E-state index contributed by atoms with van der Waals surface area (Å²) in [6.07, 6.45) is -0.365. The summed E-state index contributed by atoms with van der Waals surface area (Å²) < 4.78 is 9.93. The van der Waals surface area contributed by atoms with Gasteiger partial charge in [-0.05, 0) is 50.2 Å². The van der Waals surface area contributed by atoms with Gasteiger partial charge in [0.2, 0.25) is 0 Å². The maximum Gasteiger partial charge on any atom is 0.339 e. The quantitative estimate of drug-likeness (QED) is 0.508. The van der Waals surface area contributed by atoms with E-state index >= 15 is 0 Å². The van der Waals surface area contributed by atoms with Gasteiger partial charge in [-0.15, -0.1) is 0 Å². The van der Waals surface area contributed by atoms with Crippen molar-refractivity contribution < 1.29 is 34.1 Å². The maximum absolute atomic E-state index is 12.2. The van der Waals surface area contributed by atoms with Crippen molar-refractivity contribution in [3.05, 3.63) is 53.1 Å². The molecule has 152 valence electrons. The van der Waals surface area contributed by atoms with Gasteiger partial charge in [0.1, 0.15) is 5.75 Å². The summed E-state index contributed by atoms with van der Waals surface area (Å²) in [7, 11) is 0. The van der Waals surface area contributed by atoms with Crippen molar-refractivity contribution in [3.63, 3.8) is 0 Å². The van der Waals surface area contributed by atoms with E-state index in [9.17, 15) is 19.5 Å². The second kappa shape index (κ2) is 9.98. The molecule has 0 aliphatic carbocycles. The summed E-state index contributed by atoms with van der Waals surface area (Å²) in [5.74, 6) is -2.60. The first-order valence-corrected chi connectivity index (χ1v) is 8.79. The first kappa shape index (κ1) is 21.5. The minimum Gasteiger partial charge on any atom is -0.508 e. The molecule has 0 aromatic heterocycles. The van der Waals surface area contributed by atoms with Gasteiger partial charge >= 0.3 is 17.9 Å². The van der Waals surface area contributed by atoms with Crippen LogP contribution in [0.4, 0.5) is 11.4 Å². The number of carboxylic acids is 1. The van der Waals surface area contributed by atoms with Gasteiger partial charge in [0.05, 0.1) is 42.1 Å². The number of carbonyl (C=O) groups excluding carboxylic acids is 2. The number of aliphatic carboxylic acids is 1. The number of hydrogen-bond acceptors (Lipinski definition) is 8. The van der Waals surface area contributed by atoms with Gasteiger partial charge in [-0.3, -0.25) is 4.79 Å². The average Bonchev–Trinajstić information content (AvgIpc) is 2.68. The first-order valence-electron chi connectivity index (χ1n) is 8.79. The van der Waals surface area contributed by atoms with E-state index in [1.807, 2.05) is 0 Å². The fourth-order valence-electron chi connectivity index (χ4n) is 2.41. The highest BCUT2D eigenvalue weighted by molar-refractivity contribution is 6.03. The minimum atomic E-state index is -1.09. The second-order valence-corrected chi connectivity index (χ2v) is 5.75. The van der Waals surface area contributed by atoms with E-state index in [1.165, 1.54) is 36.4 Å². The van der Waals surface area contributed by atoms with Crippen LogP contribution in [0.3, 0.4) is 0 Å². The smallest absolute Gasteiger partial charge is 0.339 e. The zero-order valence-corrected chi connectivity index (χ0v) is 15.9. The molecule has 2 N–H and O–H groups in total. The average molecular weight is 400 g/mol. The number of rotatable bonds is 8. The van der Waals surface area contributed by atoms with Crippen LogP contribution < -0.4 is 0 Å². The molecule has 2 aromatic carbocycles. The molecular weight excluding hydrogens is 380 g/mol. The van der Waals surface area contributed by atoms with Crippen molar-refractivity contribution in [1.82, 2.24) is 0 Å². The number of phenols is 1. The van der Waals surface area contributed by atoms with Crippen molar-refractivity contribution >= 4 is 29.3 Å². The molecule has 0 fully saturated rings. The molecule has 0 unspecified atom stereocenters. The second-order valence-electron chi connectivity index (χ2n) is 5.75. The van der Waals surface area contributed by atoms with Gasteiger partial charge in [0, 0.05) is 5.56 Å². The molecule has 2 aromatic rings. The topological polar surface area (TPSA) is 135 Å². The van der Waals surface area contributed by atoms with Crippen LogP contribution in [0, 0.1) is 0 Å². The van der Waals surface area contributed by atoms with Crippen LogP contribution in [0.15, 0.2) is 46.6 Å². The van der Waals surface area contributed by atoms with Gasteiger partial charge < -0.3 is 19.7 Å². The van der Waals surface area contributed by atoms with E-state index in [0.717, 1.165) is 0 Å². The highest BCUT2D eigenvalue weighted by Crippen LogP contribution is 2.27. The standard InChI is InChI=1S/C20H20N2O7/c1-3-28-19(26)15-7-5-14(11-16(15)20(27)29-4-2)22-21-13-6-8-17(23)12(9-13)10-18(24)25/h5-9,11,23H,3-4,10H2,1-2H3,(H,24,25)/b22-21+. The Hall–Kier alpha value is -3.75. The lowest BCUT2D eigenvalue weighted by molar-refractivity contribution is -0.136. The van der Waals surface area contributed by atoms with Crippen molar-refractivity contribution in [1.29, 1.82) is 0 Å². The van der Waals surface area contributed by atoms with Crippen molar-refractivity contribution in [2.75, 3.05) is 13.2 Å². The third-order valence-electron chi connectivity index (χ3n) is 3.68. The number of phenolic OH excluding ortho intramolecular Hbond substituents is 1. The number of aromatic hydroxyl groups is 1. The lowest BCUT2D eigenvalue weighted by atomic mass is 10.1. The molecule has 9 nitrogen and oxygen atoms in total. The van der Waals surface area contributed by atoms with Gasteiger partial charge in [-0.2, -0.15) is 10.2 Å². The van der Waals surface area contributed by atoms with Crippen LogP contribution in [0.1, 0.15) is 40.1 Å². The van der Waals surface area contributed by atoms with Crippen molar-refractivity contribution in [2.45, 2.75) is 20.3 Å². The summed E-state index contributed by atoms with van der Waals surface area (Å²) in [5.41, 5.74) is 0.829. The van der Waals surface area contributed by atoms with E-state index < -0.39 is 17.9 Å². The normalized spacial score (nSPS) is 10.7. The lowest BCUT2D eigenvalue weighted by Crippen LogP contribution is -2.13. The molecule has 0 bridgehead atoms. The molecule has 2 rings (SSSR count). The van der Waals surface area contributed by atoms with E-state index in [1.54, 1.807) is 13.8 Å². The van der Waals surface area contributed by atoms with Crippen LogP contribution in [-0.4, -0.2) is 41.3 Å². The molecule has 0 amide bonds. The van der Waals surface area contributed by atoms with E-state index in [2.05, 4.69) is 10.2 Å². The Kier molecular flexibility index (Phi) is 7.41. The molecule has 0 saturated heterocycles. The molecule has 0 atom stereocenters. The van der Waals surface area contributed by atoms with E-state index in [-0.39, 0.29) is 47.8 Å². The molecule has 0 spiro atoms. The van der Waals surface area contributed by atoms with Crippen LogP contribution in [-0.2, 0) is 20.7 Å². The number of ether oxygens (including phenoxy) is 2. The Morgan fingerprint density at radius 3 is 2.00 bits per heavy atom. The monoisotopic (exact) mass is 400 g/mol. The molecular formula is C20H20N2O7. The summed E-state index contributed by atoms with van der Waals surface area (Å²) in [5, 5.41) is 26.6. The SMILES string of the molecule is CCOC(=O)c1ccc(/N=N/c2ccc(O)c(CC(=O)O)c2)cc1C(=O)OCC. The third kappa shape index (κ3) is 5.86. The summed E-state index contributed by atoms with van der Waals surface area (Å²) in [4.78, 5) is 35.1. The zero-order valence-electron chi connectivity index (χ0n) is 15.9. The molecule has 0 radical (unpaired) electrons. The first-order chi connectivity index (χ1) is 13.8. The molecule has 0 saturated carbocycles. The van der Waals surface area contributed by atoms with Crippen LogP contribution in [0.2, 0.25) is 0 Å². The summed E-state index contributed by atoms with van der Waals surface area (Å²) in [6, 6.07) is 8.41. The van der Waals surface area contributed by atoms with Gasteiger partial charge in [-0.1, -0.05) is 0 Å². The number of hydrogen-bond donors (Lipinski definition) is 2. The highest BCUT2D eigenvalue weighted by Gasteiger charge is 2.20. The Morgan fingerprint density at radius 2 is 1.41 bits per heavy atom. The number of benzene rings is 2. The van der Waals surface area contributed by atoms with Crippen LogP contribution in [0.25, 0.3) is 0 Å². The predicted molar refractivity (Wildman–Crippen MR) is 102 cm³/mol. The lowest BCUT2D eigenvalue weighted by Gasteiger charge is -2.09. The zero-order chi connectivity index (χ0) is 21.4. The predicted octanol–water partition coefficient (Wildman–Crippen LogP) is 3.79. The van der Waals surface area contributed by atoms with Crippen molar-refractivity contribution in [3.8, 4) is 5.75 Å². The Balaban J connectivity index is 2.35. The number of nitrogens with zero attached hydrogens (tertiary/aromatic N) is 2. The Labute approximate surface area is 166 Å². The molecule has 0 aliphatic rings. The number of carboxylic acid groups (broad SMARTS) is 1. The van der Waals surface area contributed by atoms with Gasteiger partial charge in [0.15, 0.2) is 0 Å². The molecule has 9 heteroatoms.